The van der Waals surface area contributed by atoms with Crippen LogP contribution >= 0.6 is 0 Å². The van der Waals surface area contributed by atoms with Gasteiger partial charge >= 0.3 is 6.03 Å². The van der Waals surface area contributed by atoms with Crippen LogP contribution in [-0.4, -0.2) is 26.3 Å². The Morgan fingerprint density at radius 3 is 2.69 bits per heavy atom. The van der Waals surface area contributed by atoms with E-state index in [1.54, 1.807) is 7.11 Å². The molecule has 0 aromatic heterocycles. The molecule has 1 rings (SSSR count). The zero-order valence-electron chi connectivity index (χ0n) is 9.53. The lowest BCUT2D eigenvalue weighted by Gasteiger charge is -2.07. The zero-order valence-corrected chi connectivity index (χ0v) is 9.53. The molecule has 0 saturated heterocycles. The number of carbonyl (C=O) groups is 1. The van der Waals surface area contributed by atoms with Crippen molar-refractivity contribution in [3.05, 3.63) is 30.3 Å². The summed E-state index contributed by atoms with van der Waals surface area (Å²) in [6, 6.07) is 9.22. The van der Waals surface area contributed by atoms with Crippen molar-refractivity contribution in [3.63, 3.8) is 0 Å². The van der Waals surface area contributed by atoms with Gasteiger partial charge in [0.25, 0.3) is 0 Å². The first kappa shape index (κ1) is 12.5. The van der Waals surface area contributed by atoms with Crippen LogP contribution in [0.3, 0.4) is 0 Å². The number of amides is 2. The van der Waals surface area contributed by atoms with Gasteiger partial charge in [-0.1, -0.05) is 18.2 Å². The van der Waals surface area contributed by atoms with Crippen LogP contribution in [0.15, 0.2) is 30.3 Å². The molecule has 0 saturated carbocycles. The summed E-state index contributed by atoms with van der Waals surface area (Å²) >= 11 is 0. The normalized spacial score (nSPS) is 9.81. The number of rotatable bonds is 6. The highest BCUT2D eigenvalue weighted by molar-refractivity contribution is 5.89. The van der Waals surface area contributed by atoms with Gasteiger partial charge in [-0.3, -0.25) is 0 Å². The molecule has 4 nitrogen and oxygen atoms in total. The van der Waals surface area contributed by atoms with Crippen LogP contribution in [0.25, 0.3) is 0 Å². The second-order valence-corrected chi connectivity index (χ2v) is 3.45. The largest absolute Gasteiger partial charge is 0.385 e. The third kappa shape index (κ3) is 5.36. The first-order valence-corrected chi connectivity index (χ1v) is 5.42. The van der Waals surface area contributed by atoms with Crippen LogP contribution in [0, 0.1) is 0 Å². The molecule has 0 radical (unpaired) electrons. The molecule has 0 aliphatic rings. The highest BCUT2D eigenvalue weighted by Gasteiger charge is 1.99. The first-order valence-electron chi connectivity index (χ1n) is 5.42. The maximum absolute atomic E-state index is 11.4. The van der Waals surface area contributed by atoms with Crippen molar-refractivity contribution in [1.29, 1.82) is 0 Å². The zero-order chi connectivity index (χ0) is 11.6. The van der Waals surface area contributed by atoms with E-state index in [4.69, 9.17) is 4.74 Å². The Bertz CT molecular complexity index is 301. The van der Waals surface area contributed by atoms with E-state index in [0.717, 1.165) is 25.1 Å². The number of hydrogen-bond donors (Lipinski definition) is 2. The summed E-state index contributed by atoms with van der Waals surface area (Å²) in [6.07, 6.45) is 1.89. The number of urea groups is 1. The van der Waals surface area contributed by atoms with Gasteiger partial charge in [0.15, 0.2) is 0 Å². The van der Waals surface area contributed by atoms with Crippen LogP contribution in [0.2, 0.25) is 0 Å². The van der Waals surface area contributed by atoms with Crippen LogP contribution < -0.4 is 10.6 Å². The SMILES string of the molecule is COCCCCNC(=O)Nc1ccccc1. The second-order valence-electron chi connectivity index (χ2n) is 3.45. The van der Waals surface area contributed by atoms with E-state index in [0.29, 0.717) is 6.54 Å². The Kier molecular flexibility index (Phi) is 6.03. The maximum Gasteiger partial charge on any atom is 0.319 e. The predicted octanol–water partition coefficient (Wildman–Crippen LogP) is 2.23. The highest BCUT2D eigenvalue weighted by atomic mass is 16.5. The summed E-state index contributed by atoms with van der Waals surface area (Å²) in [5.74, 6) is 0. The van der Waals surface area contributed by atoms with Crippen molar-refractivity contribution in [2.24, 2.45) is 0 Å². The quantitative estimate of drug-likeness (QED) is 0.725. The number of ether oxygens (including phenoxy) is 1. The number of unbranched alkanes of at least 4 members (excludes halogenated alkanes) is 1. The van der Waals surface area contributed by atoms with Crippen molar-refractivity contribution >= 4 is 11.7 Å². The standard InChI is InChI=1S/C12H18N2O2/c1-16-10-6-5-9-13-12(15)14-11-7-3-2-4-8-11/h2-4,7-8H,5-6,9-10H2,1H3,(H2,13,14,15). The number of para-hydroxylation sites is 1. The average molecular weight is 222 g/mol. The number of carbonyl (C=O) groups excluding carboxylic acids is 1. The third-order valence-electron chi connectivity index (χ3n) is 2.09. The molecule has 16 heavy (non-hydrogen) atoms. The fraction of sp³-hybridized carbons (Fsp3) is 0.417. The summed E-state index contributed by atoms with van der Waals surface area (Å²) in [4.78, 5) is 11.4. The van der Waals surface area contributed by atoms with Gasteiger partial charge in [0.1, 0.15) is 0 Å². The smallest absolute Gasteiger partial charge is 0.319 e. The van der Waals surface area contributed by atoms with Gasteiger partial charge in [-0.15, -0.1) is 0 Å². The average Bonchev–Trinajstić information content (AvgIpc) is 2.30. The van der Waals surface area contributed by atoms with E-state index in [2.05, 4.69) is 10.6 Å². The summed E-state index contributed by atoms with van der Waals surface area (Å²) in [7, 11) is 1.68. The molecule has 0 unspecified atom stereocenters. The van der Waals surface area contributed by atoms with Gasteiger partial charge in [-0.05, 0) is 25.0 Å². The van der Waals surface area contributed by atoms with Crippen LogP contribution in [0.4, 0.5) is 10.5 Å². The fourth-order valence-electron chi connectivity index (χ4n) is 1.27. The Balaban J connectivity index is 2.12. The molecule has 0 heterocycles. The van der Waals surface area contributed by atoms with Crippen LogP contribution in [0.1, 0.15) is 12.8 Å². The molecule has 0 aliphatic carbocycles. The van der Waals surface area contributed by atoms with Crippen molar-refractivity contribution in [2.75, 3.05) is 25.6 Å². The molecule has 0 bridgehead atoms. The van der Waals surface area contributed by atoms with Crippen molar-refractivity contribution in [2.45, 2.75) is 12.8 Å². The summed E-state index contributed by atoms with van der Waals surface area (Å²) in [5.41, 5.74) is 0.803. The molecule has 0 atom stereocenters. The van der Waals surface area contributed by atoms with Gasteiger partial charge in [-0.25, -0.2) is 4.79 Å². The fourth-order valence-corrected chi connectivity index (χ4v) is 1.27. The molecular weight excluding hydrogens is 204 g/mol. The maximum atomic E-state index is 11.4. The lowest BCUT2D eigenvalue weighted by atomic mass is 10.3. The van der Waals surface area contributed by atoms with Crippen molar-refractivity contribution in [3.8, 4) is 0 Å². The molecule has 1 aromatic carbocycles. The Morgan fingerprint density at radius 1 is 1.25 bits per heavy atom. The van der Waals surface area contributed by atoms with E-state index < -0.39 is 0 Å². The Labute approximate surface area is 96.0 Å². The molecule has 0 spiro atoms. The molecule has 4 heteroatoms. The summed E-state index contributed by atoms with van der Waals surface area (Å²) in [5, 5.41) is 5.54. The van der Waals surface area contributed by atoms with Gasteiger partial charge in [-0.2, -0.15) is 0 Å². The second kappa shape index (κ2) is 7.70. The van der Waals surface area contributed by atoms with Gasteiger partial charge in [0, 0.05) is 25.9 Å². The molecular formula is C12H18N2O2. The molecule has 0 aliphatic heterocycles. The minimum Gasteiger partial charge on any atom is -0.385 e. The predicted molar refractivity (Wildman–Crippen MR) is 64.6 cm³/mol. The molecule has 2 N–H and O–H groups in total. The lowest BCUT2D eigenvalue weighted by Crippen LogP contribution is -2.29. The van der Waals surface area contributed by atoms with Gasteiger partial charge < -0.3 is 15.4 Å². The molecule has 1 aromatic rings. The molecule has 88 valence electrons. The topological polar surface area (TPSA) is 50.4 Å². The van der Waals surface area contributed by atoms with Crippen LogP contribution in [-0.2, 0) is 4.74 Å². The van der Waals surface area contributed by atoms with Crippen LogP contribution in [0.5, 0.6) is 0 Å². The van der Waals surface area contributed by atoms with E-state index in [9.17, 15) is 4.79 Å². The number of methoxy groups -OCH3 is 1. The monoisotopic (exact) mass is 222 g/mol. The van der Waals surface area contributed by atoms with Gasteiger partial charge in [0.05, 0.1) is 0 Å². The van der Waals surface area contributed by atoms with E-state index in [1.165, 1.54) is 0 Å². The Morgan fingerprint density at radius 2 is 2.00 bits per heavy atom. The summed E-state index contributed by atoms with van der Waals surface area (Å²) < 4.78 is 4.92. The number of anilines is 1. The van der Waals surface area contributed by atoms with Gasteiger partial charge in [0.2, 0.25) is 0 Å². The molecule has 2 amide bonds. The summed E-state index contributed by atoms with van der Waals surface area (Å²) in [6.45, 7) is 1.41. The molecule has 0 fully saturated rings. The van der Waals surface area contributed by atoms with E-state index >= 15 is 0 Å². The van der Waals surface area contributed by atoms with E-state index in [-0.39, 0.29) is 6.03 Å². The van der Waals surface area contributed by atoms with Crippen molar-refractivity contribution in [1.82, 2.24) is 5.32 Å². The first-order chi connectivity index (χ1) is 7.83. The number of nitrogens with one attached hydrogen (secondary N) is 2. The minimum absolute atomic E-state index is 0.163. The lowest BCUT2D eigenvalue weighted by molar-refractivity contribution is 0.192. The van der Waals surface area contributed by atoms with E-state index in [1.807, 2.05) is 30.3 Å². The third-order valence-corrected chi connectivity index (χ3v) is 2.09. The number of benzene rings is 1. The van der Waals surface area contributed by atoms with Crippen molar-refractivity contribution < 1.29 is 9.53 Å². The minimum atomic E-state index is -0.163. The Hall–Kier alpha value is -1.55. The highest BCUT2D eigenvalue weighted by Crippen LogP contribution is 2.03. The number of hydrogen-bond acceptors (Lipinski definition) is 2.